The van der Waals surface area contributed by atoms with E-state index < -0.39 is 0 Å². The molecule has 1 aromatic heterocycles. The SMILES string of the molecule is CCC(O)CN(Cc1c(-c2ccccc2)nn(C)c1Oc1ccc(OC)cc1)C(C)CC. The second kappa shape index (κ2) is 11.2. The van der Waals surface area contributed by atoms with E-state index in [0.717, 1.165) is 41.2 Å². The van der Waals surface area contributed by atoms with Crippen LogP contribution in [-0.4, -0.2) is 45.6 Å². The summed E-state index contributed by atoms with van der Waals surface area (Å²) >= 11 is 0. The number of nitrogens with zero attached hydrogens (tertiary/aromatic N) is 3. The van der Waals surface area contributed by atoms with Gasteiger partial charge < -0.3 is 14.6 Å². The van der Waals surface area contributed by atoms with Gasteiger partial charge in [0.05, 0.1) is 18.8 Å². The van der Waals surface area contributed by atoms with Crippen molar-refractivity contribution < 1.29 is 14.6 Å². The van der Waals surface area contributed by atoms with Crippen molar-refractivity contribution in [1.82, 2.24) is 14.7 Å². The molecule has 32 heavy (non-hydrogen) atoms. The molecule has 3 aromatic rings. The number of hydrogen-bond donors (Lipinski definition) is 1. The maximum Gasteiger partial charge on any atom is 0.222 e. The molecule has 2 unspecified atom stereocenters. The maximum atomic E-state index is 10.4. The van der Waals surface area contributed by atoms with E-state index in [4.69, 9.17) is 14.6 Å². The summed E-state index contributed by atoms with van der Waals surface area (Å²) in [7, 11) is 3.55. The molecule has 3 rings (SSSR count). The molecule has 6 nitrogen and oxygen atoms in total. The Morgan fingerprint density at radius 1 is 1.00 bits per heavy atom. The van der Waals surface area contributed by atoms with Gasteiger partial charge in [-0.15, -0.1) is 0 Å². The second-order valence-corrected chi connectivity index (χ2v) is 8.15. The van der Waals surface area contributed by atoms with Crippen molar-refractivity contribution >= 4 is 0 Å². The van der Waals surface area contributed by atoms with E-state index in [-0.39, 0.29) is 6.10 Å². The second-order valence-electron chi connectivity index (χ2n) is 8.15. The Labute approximate surface area is 191 Å². The summed E-state index contributed by atoms with van der Waals surface area (Å²) < 4.78 is 13.4. The molecule has 0 aliphatic heterocycles. The quantitative estimate of drug-likeness (QED) is 0.443. The third-order valence-electron chi connectivity index (χ3n) is 5.90. The molecule has 0 aliphatic carbocycles. The van der Waals surface area contributed by atoms with Crippen molar-refractivity contribution in [3.05, 3.63) is 60.2 Å². The monoisotopic (exact) mass is 437 g/mol. The first-order valence-corrected chi connectivity index (χ1v) is 11.3. The molecule has 1 N–H and O–H groups in total. The van der Waals surface area contributed by atoms with Crippen molar-refractivity contribution in [2.45, 2.75) is 52.3 Å². The molecule has 0 spiro atoms. The molecule has 6 heteroatoms. The van der Waals surface area contributed by atoms with Crippen LogP contribution in [0.2, 0.25) is 0 Å². The number of aryl methyl sites for hydroxylation is 1. The van der Waals surface area contributed by atoms with Crippen molar-refractivity contribution in [3.8, 4) is 28.6 Å². The number of ether oxygens (including phenoxy) is 2. The maximum absolute atomic E-state index is 10.4. The van der Waals surface area contributed by atoms with Crippen molar-refractivity contribution in [1.29, 1.82) is 0 Å². The van der Waals surface area contributed by atoms with Crippen LogP contribution in [-0.2, 0) is 13.6 Å². The third kappa shape index (κ3) is 5.69. The zero-order valence-corrected chi connectivity index (χ0v) is 19.8. The van der Waals surface area contributed by atoms with Crippen LogP contribution in [0.3, 0.4) is 0 Å². The van der Waals surface area contributed by atoms with E-state index in [0.29, 0.717) is 25.0 Å². The Morgan fingerprint density at radius 2 is 1.66 bits per heavy atom. The highest BCUT2D eigenvalue weighted by molar-refractivity contribution is 5.65. The van der Waals surface area contributed by atoms with Crippen LogP contribution in [0.5, 0.6) is 17.4 Å². The highest BCUT2D eigenvalue weighted by Crippen LogP contribution is 2.35. The first kappa shape index (κ1) is 23.8. The van der Waals surface area contributed by atoms with Crippen LogP contribution in [0.15, 0.2) is 54.6 Å². The molecule has 0 radical (unpaired) electrons. The average Bonchev–Trinajstić information content (AvgIpc) is 3.13. The van der Waals surface area contributed by atoms with Gasteiger partial charge in [0.2, 0.25) is 5.88 Å². The summed E-state index contributed by atoms with van der Waals surface area (Å²) in [5.74, 6) is 2.20. The van der Waals surface area contributed by atoms with Gasteiger partial charge in [-0.2, -0.15) is 5.10 Å². The van der Waals surface area contributed by atoms with Gasteiger partial charge in [-0.1, -0.05) is 44.2 Å². The first-order valence-electron chi connectivity index (χ1n) is 11.3. The predicted octanol–water partition coefficient (Wildman–Crippen LogP) is 5.26. The lowest BCUT2D eigenvalue weighted by atomic mass is 10.1. The van der Waals surface area contributed by atoms with Crippen LogP contribution < -0.4 is 9.47 Å². The van der Waals surface area contributed by atoms with Gasteiger partial charge in [-0.25, -0.2) is 4.68 Å². The van der Waals surface area contributed by atoms with E-state index in [9.17, 15) is 5.11 Å². The molecule has 2 aromatic carbocycles. The summed E-state index contributed by atoms with van der Waals surface area (Å²) in [5.41, 5.74) is 2.96. The van der Waals surface area contributed by atoms with Crippen molar-refractivity contribution in [2.24, 2.45) is 7.05 Å². The minimum atomic E-state index is -0.369. The van der Waals surface area contributed by atoms with Crippen LogP contribution in [0.1, 0.15) is 39.2 Å². The van der Waals surface area contributed by atoms with Gasteiger partial charge in [-0.3, -0.25) is 4.90 Å². The summed E-state index contributed by atoms with van der Waals surface area (Å²) in [5, 5.41) is 15.2. The van der Waals surface area contributed by atoms with Crippen molar-refractivity contribution in [3.63, 3.8) is 0 Å². The highest BCUT2D eigenvalue weighted by Gasteiger charge is 2.25. The zero-order chi connectivity index (χ0) is 23.1. The van der Waals surface area contributed by atoms with Gasteiger partial charge in [0.25, 0.3) is 0 Å². The van der Waals surface area contributed by atoms with Gasteiger partial charge >= 0.3 is 0 Å². The van der Waals surface area contributed by atoms with Gasteiger partial charge in [0, 0.05) is 31.7 Å². The molecule has 0 fully saturated rings. The summed E-state index contributed by atoms with van der Waals surface area (Å²) in [6.45, 7) is 7.63. The fraction of sp³-hybridized carbons (Fsp3) is 0.423. The smallest absolute Gasteiger partial charge is 0.222 e. The minimum absolute atomic E-state index is 0.314. The Balaban J connectivity index is 2.03. The summed E-state index contributed by atoms with van der Waals surface area (Å²) in [4.78, 5) is 2.32. The number of aromatic nitrogens is 2. The lowest BCUT2D eigenvalue weighted by Gasteiger charge is -2.30. The number of rotatable bonds is 11. The molecule has 1 heterocycles. The molecule has 0 bridgehead atoms. The fourth-order valence-electron chi connectivity index (χ4n) is 3.67. The van der Waals surface area contributed by atoms with E-state index in [1.54, 1.807) is 11.8 Å². The Hall–Kier alpha value is -2.83. The van der Waals surface area contributed by atoms with E-state index >= 15 is 0 Å². The molecule has 2 atom stereocenters. The van der Waals surface area contributed by atoms with Gasteiger partial charge in [0.15, 0.2) is 0 Å². The topological polar surface area (TPSA) is 59.8 Å². The van der Waals surface area contributed by atoms with Gasteiger partial charge in [0.1, 0.15) is 17.2 Å². The Kier molecular flexibility index (Phi) is 8.31. The number of aliphatic hydroxyl groups excluding tert-OH is 1. The lowest BCUT2D eigenvalue weighted by Crippen LogP contribution is -2.38. The molecule has 172 valence electrons. The average molecular weight is 438 g/mol. The highest BCUT2D eigenvalue weighted by atomic mass is 16.5. The molecule has 0 amide bonds. The third-order valence-corrected chi connectivity index (χ3v) is 5.90. The molecular weight excluding hydrogens is 402 g/mol. The standard InChI is InChI=1S/C26H35N3O3/c1-6-19(3)29(17-21(30)7-2)18-24-25(20-11-9-8-10-12-20)27-28(4)26(24)32-23-15-13-22(31-5)14-16-23/h8-16,19,21,30H,6-7,17-18H2,1-5H3. The molecule has 0 saturated heterocycles. The first-order chi connectivity index (χ1) is 15.5. The van der Waals surface area contributed by atoms with Crippen LogP contribution in [0.4, 0.5) is 0 Å². The van der Waals surface area contributed by atoms with Crippen LogP contribution in [0.25, 0.3) is 11.3 Å². The Morgan fingerprint density at radius 3 is 2.25 bits per heavy atom. The fourth-order valence-corrected chi connectivity index (χ4v) is 3.67. The summed E-state index contributed by atoms with van der Waals surface area (Å²) in [6.07, 6.45) is 1.35. The minimum Gasteiger partial charge on any atom is -0.497 e. The van der Waals surface area contributed by atoms with Crippen LogP contribution in [0, 0.1) is 0 Å². The largest absolute Gasteiger partial charge is 0.497 e. The number of methoxy groups -OCH3 is 1. The normalized spacial score (nSPS) is 13.2. The Bertz CT molecular complexity index is 970. The van der Waals surface area contributed by atoms with Crippen LogP contribution >= 0.6 is 0 Å². The van der Waals surface area contributed by atoms with Gasteiger partial charge in [-0.05, 0) is 44.0 Å². The summed E-state index contributed by atoms with van der Waals surface area (Å²) in [6, 6.07) is 18.0. The predicted molar refractivity (Wildman–Crippen MR) is 128 cm³/mol. The van der Waals surface area contributed by atoms with E-state index in [1.807, 2.05) is 56.4 Å². The lowest BCUT2D eigenvalue weighted by molar-refractivity contribution is 0.0820. The van der Waals surface area contributed by atoms with E-state index in [1.165, 1.54) is 0 Å². The number of aliphatic hydroxyl groups is 1. The van der Waals surface area contributed by atoms with Crippen molar-refractivity contribution in [2.75, 3.05) is 13.7 Å². The number of benzene rings is 2. The molecule has 0 aliphatic rings. The number of hydrogen-bond acceptors (Lipinski definition) is 5. The molecule has 0 saturated carbocycles. The molecular formula is C26H35N3O3. The van der Waals surface area contributed by atoms with E-state index in [2.05, 4.69) is 30.9 Å². The zero-order valence-electron chi connectivity index (χ0n) is 19.8.